The van der Waals surface area contributed by atoms with Gasteiger partial charge in [-0.15, -0.1) is 35.3 Å². The first-order chi connectivity index (χ1) is 13.0. The summed E-state index contributed by atoms with van der Waals surface area (Å²) >= 11 is 1.76. The second kappa shape index (κ2) is 13.0. The topological polar surface area (TPSA) is 86.7 Å². The van der Waals surface area contributed by atoms with Gasteiger partial charge in [-0.1, -0.05) is 13.8 Å². The first kappa shape index (κ1) is 25.6. The zero-order valence-electron chi connectivity index (χ0n) is 17.1. The van der Waals surface area contributed by atoms with E-state index in [9.17, 15) is 8.42 Å². The Morgan fingerprint density at radius 3 is 2.61 bits per heavy atom. The molecule has 2 heterocycles. The number of thiazole rings is 1. The molecule has 0 radical (unpaired) electrons. The molecule has 162 valence electrons. The van der Waals surface area contributed by atoms with Crippen LogP contribution in [-0.4, -0.2) is 61.6 Å². The van der Waals surface area contributed by atoms with E-state index in [0.29, 0.717) is 26.1 Å². The van der Waals surface area contributed by atoms with Crippen LogP contribution in [0.3, 0.4) is 0 Å². The molecule has 0 saturated carbocycles. The maximum atomic E-state index is 12.2. The van der Waals surface area contributed by atoms with Gasteiger partial charge in [-0.3, -0.25) is 4.99 Å². The van der Waals surface area contributed by atoms with E-state index in [1.165, 1.54) is 4.88 Å². The molecule has 10 heteroatoms. The predicted molar refractivity (Wildman–Crippen MR) is 128 cm³/mol. The molecule has 1 fully saturated rings. The van der Waals surface area contributed by atoms with Crippen LogP contribution in [0.1, 0.15) is 49.9 Å². The van der Waals surface area contributed by atoms with Gasteiger partial charge in [0.2, 0.25) is 10.0 Å². The molecular formula is C18H34IN5O2S2. The molecule has 0 bridgehead atoms. The summed E-state index contributed by atoms with van der Waals surface area (Å²) < 4.78 is 26.0. The Morgan fingerprint density at radius 2 is 2.04 bits per heavy atom. The number of aromatic nitrogens is 1. The molecule has 0 unspecified atom stereocenters. The van der Waals surface area contributed by atoms with Crippen LogP contribution < -0.4 is 10.6 Å². The minimum atomic E-state index is -3.09. The highest BCUT2D eigenvalue weighted by molar-refractivity contribution is 14.0. The summed E-state index contributed by atoms with van der Waals surface area (Å²) in [6, 6.07) is 0.252. The van der Waals surface area contributed by atoms with Crippen LogP contribution in [0.4, 0.5) is 0 Å². The van der Waals surface area contributed by atoms with E-state index in [1.54, 1.807) is 15.6 Å². The van der Waals surface area contributed by atoms with Gasteiger partial charge in [0.25, 0.3) is 0 Å². The average Bonchev–Trinajstić information content (AvgIpc) is 3.10. The largest absolute Gasteiger partial charge is 0.357 e. The summed E-state index contributed by atoms with van der Waals surface area (Å²) in [7, 11) is -3.09. The molecule has 1 aliphatic heterocycles. The Balaban J connectivity index is 0.00000392. The Bertz CT molecular complexity index is 701. The lowest BCUT2D eigenvalue weighted by atomic mass is 10.1. The van der Waals surface area contributed by atoms with Crippen molar-refractivity contribution in [2.45, 2.75) is 58.9 Å². The molecule has 1 aromatic heterocycles. The Morgan fingerprint density at radius 1 is 1.32 bits per heavy atom. The minimum Gasteiger partial charge on any atom is -0.357 e. The number of guanidine groups is 1. The number of nitrogens with one attached hydrogen (secondary N) is 2. The maximum Gasteiger partial charge on any atom is 0.214 e. The van der Waals surface area contributed by atoms with Crippen LogP contribution in [0.15, 0.2) is 11.2 Å². The van der Waals surface area contributed by atoms with E-state index < -0.39 is 10.0 Å². The van der Waals surface area contributed by atoms with E-state index in [0.717, 1.165) is 43.2 Å². The lowest BCUT2D eigenvalue weighted by Crippen LogP contribution is -2.50. The van der Waals surface area contributed by atoms with Gasteiger partial charge in [0.15, 0.2) is 5.96 Å². The van der Waals surface area contributed by atoms with E-state index in [4.69, 9.17) is 0 Å². The molecule has 0 amide bonds. The van der Waals surface area contributed by atoms with Crippen LogP contribution in [0, 0.1) is 0 Å². The molecule has 7 nitrogen and oxygen atoms in total. The van der Waals surface area contributed by atoms with Gasteiger partial charge in [0, 0.05) is 49.7 Å². The fraction of sp³-hybridized carbons (Fsp3) is 0.778. The zero-order valence-corrected chi connectivity index (χ0v) is 21.1. The van der Waals surface area contributed by atoms with Crippen LogP contribution in [0.5, 0.6) is 0 Å². The number of hydrogen-bond acceptors (Lipinski definition) is 5. The third-order valence-corrected chi connectivity index (χ3v) is 7.82. The Hall–Kier alpha value is -0.460. The molecule has 0 aliphatic carbocycles. The molecule has 0 aromatic carbocycles. The minimum absolute atomic E-state index is 0. The average molecular weight is 544 g/mol. The van der Waals surface area contributed by atoms with E-state index in [2.05, 4.69) is 27.5 Å². The SMILES string of the molecule is CCCS(=O)(=O)N1CCC(NC(=NCCc2ncc(CC)s2)NCC)CC1.I. The first-order valence-electron chi connectivity index (χ1n) is 9.94. The van der Waals surface area contributed by atoms with Crippen molar-refractivity contribution in [3.63, 3.8) is 0 Å². The van der Waals surface area contributed by atoms with Gasteiger partial charge >= 0.3 is 0 Å². The van der Waals surface area contributed by atoms with Gasteiger partial charge < -0.3 is 10.6 Å². The zero-order chi connectivity index (χ0) is 19.7. The Kier molecular flexibility index (Phi) is 11.8. The van der Waals surface area contributed by atoms with Gasteiger partial charge in [-0.2, -0.15) is 0 Å². The van der Waals surface area contributed by atoms with Crippen molar-refractivity contribution >= 4 is 51.3 Å². The van der Waals surface area contributed by atoms with E-state index in [-0.39, 0.29) is 35.8 Å². The summed E-state index contributed by atoms with van der Waals surface area (Å²) in [6.07, 6.45) is 6.09. The molecule has 1 aromatic rings. The molecular weight excluding hydrogens is 509 g/mol. The summed E-state index contributed by atoms with van der Waals surface area (Å²) in [5, 5.41) is 7.87. The van der Waals surface area contributed by atoms with Crippen LogP contribution in [0.25, 0.3) is 0 Å². The highest BCUT2D eigenvalue weighted by Crippen LogP contribution is 2.15. The molecule has 28 heavy (non-hydrogen) atoms. The summed E-state index contributed by atoms with van der Waals surface area (Å²) in [5.74, 6) is 1.05. The lowest BCUT2D eigenvalue weighted by molar-refractivity contribution is 0.306. The fourth-order valence-corrected chi connectivity index (χ4v) is 5.46. The van der Waals surface area contributed by atoms with Crippen molar-refractivity contribution < 1.29 is 8.42 Å². The molecule has 0 spiro atoms. The normalized spacial score (nSPS) is 16.6. The van der Waals surface area contributed by atoms with Crippen molar-refractivity contribution in [1.82, 2.24) is 19.9 Å². The van der Waals surface area contributed by atoms with Crippen LogP contribution >= 0.6 is 35.3 Å². The number of piperidine rings is 1. The number of halogens is 1. The third-order valence-electron chi connectivity index (χ3n) is 4.54. The molecule has 1 aliphatic rings. The first-order valence-corrected chi connectivity index (χ1v) is 12.4. The van der Waals surface area contributed by atoms with E-state index in [1.807, 2.05) is 20.0 Å². The lowest BCUT2D eigenvalue weighted by Gasteiger charge is -2.32. The van der Waals surface area contributed by atoms with Crippen LogP contribution in [-0.2, 0) is 22.9 Å². The van der Waals surface area contributed by atoms with Crippen molar-refractivity contribution in [1.29, 1.82) is 0 Å². The highest BCUT2D eigenvalue weighted by Gasteiger charge is 2.27. The number of sulfonamides is 1. The second-order valence-corrected chi connectivity index (χ2v) is 10.0. The molecule has 1 saturated heterocycles. The number of hydrogen-bond donors (Lipinski definition) is 2. The van der Waals surface area contributed by atoms with E-state index >= 15 is 0 Å². The molecule has 2 N–H and O–H groups in total. The van der Waals surface area contributed by atoms with Crippen molar-refractivity contribution in [2.75, 3.05) is 31.9 Å². The highest BCUT2D eigenvalue weighted by atomic mass is 127. The fourth-order valence-electron chi connectivity index (χ4n) is 3.07. The van der Waals surface area contributed by atoms with Crippen molar-refractivity contribution in [2.24, 2.45) is 4.99 Å². The molecule has 0 atom stereocenters. The Labute approximate surface area is 190 Å². The second-order valence-electron chi connectivity index (χ2n) is 6.72. The number of aryl methyl sites for hydroxylation is 1. The standard InChI is InChI=1S/C18H33N5O2S2.HI/c1-4-13-27(24,25)23-11-8-15(9-12-23)22-18(19-6-3)20-10-7-17-21-14-16(5-2)26-17;/h14-15H,4-13H2,1-3H3,(H2,19,20,22);1H. The third kappa shape index (κ3) is 8.11. The number of nitrogens with zero attached hydrogens (tertiary/aromatic N) is 3. The maximum absolute atomic E-state index is 12.2. The van der Waals surface area contributed by atoms with Gasteiger partial charge in [-0.05, 0) is 32.6 Å². The van der Waals surface area contributed by atoms with Gasteiger partial charge in [-0.25, -0.2) is 17.7 Å². The summed E-state index contributed by atoms with van der Waals surface area (Å²) in [5.41, 5.74) is 0. The van der Waals surface area contributed by atoms with Crippen LogP contribution in [0.2, 0.25) is 0 Å². The van der Waals surface area contributed by atoms with Crippen molar-refractivity contribution in [3.05, 3.63) is 16.1 Å². The van der Waals surface area contributed by atoms with Crippen molar-refractivity contribution in [3.8, 4) is 0 Å². The predicted octanol–water partition coefficient (Wildman–Crippen LogP) is 2.63. The summed E-state index contributed by atoms with van der Waals surface area (Å²) in [6.45, 7) is 8.74. The van der Waals surface area contributed by atoms with Gasteiger partial charge in [0.1, 0.15) is 0 Å². The molecule has 2 rings (SSSR count). The van der Waals surface area contributed by atoms with Gasteiger partial charge in [0.05, 0.1) is 10.8 Å². The summed E-state index contributed by atoms with van der Waals surface area (Å²) in [4.78, 5) is 10.4. The number of aliphatic imine (C=N–C) groups is 1. The quantitative estimate of drug-likeness (QED) is 0.284. The number of rotatable bonds is 9. The smallest absolute Gasteiger partial charge is 0.214 e. The monoisotopic (exact) mass is 543 g/mol.